The lowest BCUT2D eigenvalue weighted by molar-refractivity contribution is 0.0604. The first-order valence-electron chi connectivity index (χ1n) is 8.29. The molecule has 8 nitrogen and oxygen atoms in total. The Morgan fingerprint density at radius 1 is 1.19 bits per heavy atom. The number of amides is 1. The number of hydrogen-bond acceptors (Lipinski definition) is 8. The van der Waals surface area contributed by atoms with Gasteiger partial charge in [0.1, 0.15) is 10.6 Å². The second-order valence-corrected chi connectivity index (χ2v) is 6.96. The number of esters is 1. The average molecular weight is 381 g/mol. The van der Waals surface area contributed by atoms with Crippen LogP contribution in [0.15, 0.2) is 36.8 Å². The third-order valence-corrected chi connectivity index (χ3v) is 4.98. The summed E-state index contributed by atoms with van der Waals surface area (Å²) in [5.74, 6) is -0.125. The van der Waals surface area contributed by atoms with Crippen molar-refractivity contribution in [3.8, 4) is 11.5 Å². The third-order valence-electron chi connectivity index (χ3n) is 4.02. The Bertz CT molecular complexity index is 984. The average Bonchev–Trinajstić information content (AvgIpc) is 3.48. The second-order valence-electron chi connectivity index (χ2n) is 5.96. The van der Waals surface area contributed by atoms with Crippen molar-refractivity contribution in [2.75, 3.05) is 12.4 Å². The van der Waals surface area contributed by atoms with Gasteiger partial charge in [0.05, 0.1) is 18.4 Å². The van der Waals surface area contributed by atoms with Crippen LogP contribution >= 0.6 is 11.3 Å². The van der Waals surface area contributed by atoms with Crippen LogP contribution in [0.2, 0.25) is 0 Å². The Kier molecular flexibility index (Phi) is 4.59. The Labute approximate surface area is 158 Å². The van der Waals surface area contributed by atoms with Gasteiger partial charge in [0, 0.05) is 24.5 Å². The molecule has 4 rings (SSSR count). The van der Waals surface area contributed by atoms with Crippen molar-refractivity contribution in [2.45, 2.75) is 18.8 Å². The topological polar surface area (TPSA) is 107 Å². The zero-order chi connectivity index (χ0) is 18.8. The molecule has 1 amide bonds. The predicted molar refractivity (Wildman–Crippen MR) is 98.6 cm³/mol. The molecule has 1 aliphatic rings. The number of aromatic nitrogens is 4. The van der Waals surface area contributed by atoms with Crippen molar-refractivity contribution in [1.29, 1.82) is 0 Å². The maximum Gasteiger partial charge on any atom is 0.350 e. The van der Waals surface area contributed by atoms with E-state index < -0.39 is 11.9 Å². The number of anilines is 1. The van der Waals surface area contributed by atoms with Crippen LogP contribution in [0.1, 0.15) is 44.5 Å². The fourth-order valence-corrected chi connectivity index (χ4v) is 3.46. The first-order valence-corrected chi connectivity index (χ1v) is 9.11. The van der Waals surface area contributed by atoms with Crippen LogP contribution < -0.4 is 5.32 Å². The third kappa shape index (κ3) is 3.68. The van der Waals surface area contributed by atoms with E-state index in [1.54, 1.807) is 18.3 Å². The zero-order valence-corrected chi connectivity index (χ0v) is 15.2. The minimum Gasteiger partial charge on any atom is -0.465 e. The molecule has 1 fully saturated rings. The summed E-state index contributed by atoms with van der Waals surface area (Å²) in [6.45, 7) is 0. The molecule has 1 aliphatic carbocycles. The number of pyridine rings is 1. The largest absolute Gasteiger partial charge is 0.465 e. The van der Waals surface area contributed by atoms with Gasteiger partial charge in [0.15, 0.2) is 11.0 Å². The number of ether oxygens (including phenoxy) is 1. The molecule has 0 aromatic carbocycles. The molecule has 0 radical (unpaired) electrons. The normalized spacial score (nSPS) is 13.2. The molecule has 0 bridgehead atoms. The van der Waals surface area contributed by atoms with Crippen LogP contribution in [-0.2, 0) is 4.74 Å². The van der Waals surface area contributed by atoms with E-state index in [1.165, 1.54) is 19.5 Å². The van der Waals surface area contributed by atoms with Gasteiger partial charge < -0.3 is 4.74 Å². The number of methoxy groups -OCH3 is 1. The number of carbonyl (C=O) groups excluding carboxylic acids is 2. The Hall–Kier alpha value is -3.20. The minimum absolute atomic E-state index is 0.266. The predicted octanol–water partition coefficient (Wildman–Crippen LogP) is 2.91. The summed E-state index contributed by atoms with van der Waals surface area (Å²) in [6.07, 6.45) is 6.50. The quantitative estimate of drug-likeness (QED) is 0.677. The first-order chi connectivity index (χ1) is 13.2. The van der Waals surface area contributed by atoms with Crippen LogP contribution in [-0.4, -0.2) is 38.9 Å². The molecule has 9 heteroatoms. The number of nitrogens with one attached hydrogen (secondary N) is 1. The molecule has 3 heterocycles. The summed E-state index contributed by atoms with van der Waals surface area (Å²) >= 11 is 1.12. The summed E-state index contributed by atoms with van der Waals surface area (Å²) < 4.78 is 4.81. The first kappa shape index (κ1) is 17.2. The minimum atomic E-state index is -0.432. The van der Waals surface area contributed by atoms with Gasteiger partial charge in [0.2, 0.25) is 0 Å². The molecule has 1 N–H and O–H groups in total. The Morgan fingerprint density at radius 3 is 2.59 bits per heavy atom. The van der Waals surface area contributed by atoms with E-state index in [-0.39, 0.29) is 11.5 Å². The van der Waals surface area contributed by atoms with E-state index in [2.05, 4.69) is 25.3 Å². The summed E-state index contributed by atoms with van der Waals surface area (Å²) in [7, 11) is 1.33. The molecule has 0 atom stereocenters. The number of thiazole rings is 1. The molecule has 1 saturated carbocycles. The van der Waals surface area contributed by atoms with Gasteiger partial charge in [-0.2, -0.15) is 0 Å². The fraction of sp³-hybridized carbons (Fsp3) is 0.222. The maximum atomic E-state index is 12.5. The highest BCUT2D eigenvalue weighted by atomic mass is 32.1. The van der Waals surface area contributed by atoms with Crippen LogP contribution in [0.25, 0.3) is 11.5 Å². The SMILES string of the molecule is COC(=O)c1sc(NC(=O)c2cnc(-c3ccccn3)nc2)nc1C1CC1. The van der Waals surface area contributed by atoms with Gasteiger partial charge in [-0.25, -0.2) is 19.7 Å². The van der Waals surface area contributed by atoms with Gasteiger partial charge in [0.25, 0.3) is 5.91 Å². The molecule has 0 saturated heterocycles. The molecular weight excluding hydrogens is 366 g/mol. The molecule has 27 heavy (non-hydrogen) atoms. The van der Waals surface area contributed by atoms with E-state index in [0.29, 0.717) is 27.2 Å². The van der Waals surface area contributed by atoms with Gasteiger partial charge in [-0.15, -0.1) is 0 Å². The van der Waals surface area contributed by atoms with E-state index in [1.807, 2.05) is 6.07 Å². The van der Waals surface area contributed by atoms with Gasteiger partial charge in [-0.3, -0.25) is 15.1 Å². The molecular formula is C18H15N5O3S. The fourth-order valence-electron chi connectivity index (χ4n) is 2.50. The highest BCUT2D eigenvalue weighted by Crippen LogP contribution is 2.43. The molecule has 0 spiro atoms. The smallest absolute Gasteiger partial charge is 0.350 e. The van der Waals surface area contributed by atoms with Crippen molar-refractivity contribution in [1.82, 2.24) is 19.9 Å². The van der Waals surface area contributed by atoms with Gasteiger partial charge in [-0.05, 0) is 25.0 Å². The molecule has 0 unspecified atom stereocenters. The lowest BCUT2D eigenvalue weighted by Crippen LogP contribution is -2.12. The Balaban J connectivity index is 1.51. The van der Waals surface area contributed by atoms with Crippen LogP contribution in [0.4, 0.5) is 5.13 Å². The highest BCUT2D eigenvalue weighted by Gasteiger charge is 2.32. The van der Waals surface area contributed by atoms with Gasteiger partial charge in [-0.1, -0.05) is 17.4 Å². The van der Waals surface area contributed by atoms with E-state index in [9.17, 15) is 9.59 Å². The van der Waals surface area contributed by atoms with Gasteiger partial charge >= 0.3 is 5.97 Å². The highest BCUT2D eigenvalue weighted by molar-refractivity contribution is 7.17. The summed E-state index contributed by atoms with van der Waals surface area (Å²) in [4.78, 5) is 41.8. The second kappa shape index (κ2) is 7.20. The van der Waals surface area contributed by atoms with E-state index >= 15 is 0 Å². The monoisotopic (exact) mass is 381 g/mol. The van der Waals surface area contributed by atoms with Crippen molar-refractivity contribution in [3.63, 3.8) is 0 Å². The lowest BCUT2D eigenvalue weighted by atomic mass is 10.2. The molecule has 0 aliphatic heterocycles. The molecule has 136 valence electrons. The lowest BCUT2D eigenvalue weighted by Gasteiger charge is -2.02. The molecule has 3 aromatic heterocycles. The van der Waals surface area contributed by atoms with Crippen molar-refractivity contribution < 1.29 is 14.3 Å². The number of carbonyl (C=O) groups is 2. The summed E-state index contributed by atoms with van der Waals surface area (Å²) in [5.41, 5.74) is 1.61. The summed E-state index contributed by atoms with van der Waals surface area (Å²) in [6, 6.07) is 5.43. The maximum absolute atomic E-state index is 12.5. The van der Waals surface area contributed by atoms with Crippen molar-refractivity contribution >= 4 is 28.3 Å². The van der Waals surface area contributed by atoms with E-state index in [0.717, 1.165) is 24.2 Å². The summed E-state index contributed by atoms with van der Waals surface area (Å²) in [5, 5.41) is 3.06. The number of rotatable bonds is 5. The Morgan fingerprint density at radius 2 is 1.96 bits per heavy atom. The zero-order valence-electron chi connectivity index (χ0n) is 14.4. The number of hydrogen-bond donors (Lipinski definition) is 1. The van der Waals surface area contributed by atoms with E-state index in [4.69, 9.17) is 4.74 Å². The van der Waals surface area contributed by atoms with Crippen LogP contribution in [0, 0.1) is 0 Å². The number of nitrogens with zero attached hydrogens (tertiary/aromatic N) is 4. The van der Waals surface area contributed by atoms with Crippen molar-refractivity contribution in [2.24, 2.45) is 0 Å². The standard InChI is InChI=1S/C18H15N5O3S/c1-26-17(25)14-13(10-5-6-10)22-18(27-14)23-16(24)11-8-20-15(21-9-11)12-4-2-3-7-19-12/h2-4,7-10H,5-6H2,1H3,(H,22,23,24). The van der Waals surface area contributed by atoms with Crippen molar-refractivity contribution in [3.05, 3.63) is 52.9 Å². The molecule has 3 aromatic rings. The van der Waals surface area contributed by atoms with Crippen LogP contribution in [0.3, 0.4) is 0 Å². The van der Waals surface area contributed by atoms with Crippen LogP contribution in [0.5, 0.6) is 0 Å².